The maximum absolute atomic E-state index is 6.09. The van der Waals surface area contributed by atoms with Crippen molar-refractivity contribution < 1.29 is 0 Å². The number of hydrogen-bond donors (Lipinski definition) is 0. The lowest BCUT2D eigenvalue weighted by atomic mass is 10.1. The molecule has 2 heterocycles. The second-order valence-electron chi connectivity index (χ2n) is 6.02. The van der Waals surface area contributed by atoms with Gasteiger partial charge in [-0.3, -0.25) is 0 Å². The molecular formula is C20H18ClN3S2. The van der Waals surface area contributed by atoms with Crippen molar-refractivity contribution >= 4 is 44.8 Å². The summed E-state index contributed by atoms with van der Waals surface area (Å²) in [5, 5.41) is 14.2. The molecule has 0 saturated carbocycles. The van der Waals surface area contributed by atoms with Gasteiger partial charge in [0.25, 0.3) is 0 Å². The summed E-state index contributed by atoms with van der Waals surface area (Å²) < 4.78 is 3.52. The van der Waals surface area contributed by atoms with E-state index in [0.29, 0.717) is 0 Å². The lowest BCUT2D eigenvalue weighted by Crippen LogP contribution is -2.01. The van der Waals surface area contributed by atoms with Crippen LogP contribution in [0.3, 0.4) is 0 Å². The zero-order valence-corrected chi connectivity index (χ0v) is 16.7. The molecule has 0 radical (unpaired) electrons. The van der Waals surface area contributed by atoms with E-state index in [2.05, 4.69) is 57.4 Å². The molecule has 0 fully saturated rings. The summed E-state index contributed by atoms with van der Waals surface area (Å²) >= 11 is 9.55. The van der Waals surface area contributed by atoms with E-state index < -0.39 is 0 Å². The minimum absolute atomic E-state index is 0.767. The zero-order chi connectivity index (χ0) is 17.9. The first-order valence-electron chi connectivity index (χ1n) is 8.53. The number of thioether (sulfide) groups is 1. The van der Waals surface area contributed by atoms with Gasteiger partial charge in [0.2, 0.25) is 0 Å². The number of benzene rings is 2. The van der Waals surface area contributed by atoms with Crippen LogP contribution in [-0.4, -0.2) is 14.8 Å². The molecule has 6 heteroatoms. The summed E-state index contributed by atoms with van der Waals surface area (Å²) in [5.41, 5.74) is 2.36. The van der Waals surface area contributed by atoms with Crippen LogP contribution in [0.2, 0.25) is 5.02 Å². The highest BCUT2D eigenvalue weighted by Crippen LogP contribution is 2.35. The molecular weight excluding hydrogens is 382 g/mol. The fraction of sp³-hybridized carbons (Fsp3) is 0.200. The van der Waals surface area contributed by atoms with Gasteiger partial charge in [0, 0.05) is 38.3 Å². The quantitative estimate of drug-likeness (QED) is 0.346. The third-order valence-corrected chi connectivity index (χ3v) is 6.38. The van der Waals surface area contributed by atoms with Gasteiger partial charge in [0.15, 0.2) is 11.0 Å². The Bertz CT molecular complexity index is 1040. The molecule has 26 heavy (non-hydrogen) atoms. The number of aromatic nitrogens is 3. The van der Waals surface area contributed by atoms with E-state index in [9.17, 15) is 0 Å². The first kappa shape index (κ1) is 17.6. The van der Waals surface area contributed by atoms with Gasteiger partial charge in [0.05, 0.1) is 0 Å². The van der Waals surface area contributed by atoms with Crippen LogP contribution in [0.15, 0.2) is 59.1 Å². The Balaban J connectivity index is 1.66. The molecule has 0 bridgehead atoms. The van der Waals surface area contributed by atoms with Crippen LogP contribution < -0.4 is 0 Å². The van der Waals surface area contributed by atoms with E-state index in [4.69, 9.17) is 11.6 Å². The van der Waals surface area contributed by atoms with Gasteiger partial charge in [-0.2, -0.15) is 0 Å². The summed E-state index contributed by atoms with van der Waals surface area (Å²) in [6, 6.07) is 16.4. The topological polar surface area (TPSA) is 30.7 Å². The maximum atomic E-state index is 6.09. The molecule has 0 N–H and O–H groups in total. The van der Waals surface area contributed by atoms with Crippen LogP contribution in [0.5, 0.6) is 0 Å². The normalized spacial score (nSPS) is 11.3. The Morgan fingerprint density at radius 1 is 1.12 bits per heavy atom. The second-order valence-corrected chi connectivity index (χ2v) is 8.31. The fourth-order valence-electron chi connectivity index (χ4n) is 2.95. The van der Waals surface area contributed by atoms with Crippen molar-refractivity contribution in [3.05, 3.63) is 64.5 Å². The van der Waals surface area contributed by atoms with Gasteiger partial charge in [-0.1, -0.05) is 60.6 Å². The van der Waals surface area contributed by atoms with E-state index in [1.54, 1.807) is 23.1 Å². The Morgan fingerprint density at radius 2 is 2.00 bits per heavy atom. The molecule has 4 aromatic rings. The SMILES string of the molecule is CCCn1c(SCc2cccc(Cl)c2)nnc1-c1csc2ccccc12. The van der Waals surface area contributed by atoms with Crippen molar-refractivity contribution in [3.63, 3.8) is 0 Å². The van der Waals surface area contributed by atoms with Crippen LogP contribution in [0, 0.1) is 0 Å². The van der Waals surface area contributed by atoms with Gasteiger partial charge in [-0.05, 0) is 30.2 Å². The highest BCUT2D eigenvalue weighted by Gasteiger charge is 2.17. The summed E-state index contributed by atoms with van der Waals surface area (Å²) in [6.45, 7) is 3.09. The smallest absolute Gasteiger partial charge is 0.191 e. The van der Waals surface area contributed by atoms with Crippen molar-refractivity contribution in [1.29, 1.82) is 0 Å². The summed E-state index contributed by atoms with van der Waals surface area (Å²) in [4.78, 5) is 0. The maximum Gasteiger partial charge on any atom is 0.191 e. The predicted octanol–water partition coefficient (Wildman–Crippen LogP) is 6.52. The van der Waals surface area contributed by atoms with Crippen LogP contribution in [0.25, 0.3) is 21.5 Å². The molecule has 0 aliphatic carbocycles. The van der Waals surface area contributed by atoms with Crippen molar-refractivity contribution in [2.75, 3.05) is 0 Å². The van der Waals surface area contributed by atoms with Crippen molar-refractivity contribution in [1.82, 2.24) is 14.8 Å². The van der Waals surface area contributed by atoms with Crippen molar-refractivity contribution in [3.8, 4) is 11.4 Å². The average molecular weight is 400 g/mol. The fourth-order valence-corrected chi connectivity index (χ4v) is 5.01. The highest BCUT2D eigenvalue weighted by molar-refractivity contribution is 7.98. The standard InChI is InChI=1S/C20H18ClN3S2/c1-2-10-24-19(17-13-25-18-9-4-3-8-16(17)18)22-23-20(24)26-12-14-6-5-7-15(21)11-14/h3-9,11,13H,2,10,12H2,1H3. The number of fused-ring (bicyclic) bond motifs is 1. The third kappa shape index (κ3) is 3.52. The van der Waals surface area contributed by atoms with Gasteiger partial charge < -0.3 is 4.57 Å². The Labute approximate surface area is 166 Å². The summed E-state index contributed by atoms with van der Waals surface area (Å²) in [5.74, 6) is 1.78. The Kier molecular flexibility index (Phi) is 5.29. The number of halogens is 1. The molecule has 3 nitrogen and oxygen atoms in total. The van der Waals surface area contributed by atoms with Crippen molar-refractivity contribution in [2.45, 2.75) is 30.8 Å². The molecule has 132 valence electrons. The summed E-state index contributed by atoms with van der Waals surface area (Å²) in [7, 11) is 0. The van der Waals surface area contributed by atoms with E-state index in [1.165, 1.54) is 21.2 Å². The van der Waals surface area contributed by atoms with Crippen LogP contribution in [0.4, 0.5) is 0 Å². The Hall–Kier alpha value is -1.82. The van der Waals surface area contributed by atoms with Crippen LogP contribution in [0.1, 0.15) is 18.9 Å². The van der Waals surface area contributed by atoms with Crippen LogP contribution in [-0.2, 0) is 12.3 Å². The van der Waals surface area contributed by atoms with Gasteiger partial charge in [-0.25, -0.2) is 0 Å². The molecule has 2 aromatic carbocycles. The van der Waals surface area contributed by atoms with Crippen LogP contribution >= 0.6 is 34.7 Å². The van der Waals surface area contributed by atoms with E-state index >= 15 is 0 Å². The molecule has 0 atom stereocenters. The minimum Gasteiger partial charge on any atom is -0.302 e. The number of rotatable bonds is 6. The van der Waals surface area contributed by atoms with Gasteiger partial charge in [0.1, 0.15) is 0 Å². The van der Waals surface area contributed by atoms with Gasteiger partial charge >= 0.3 is 0 Å². The first-order valence-corrected chi connectivity index (χ1v) is 10.8. The lowest BCUT2D eigenvalue weighted by molar-refractivity contribution is 0.626. The number of thiophene rings is 1. The molecule has 4 rings (SSSR count). The van der Waals surface area contributed by atoms with E-state index in [1.807, 2.05) is 18.2 Å². The van der Waals surface area contributed by atoms with E-state index in [-0.39, 0.29) is 0 Å². The first-order chi connectivity index (χ1) is 12.8. The third-order valence-electron chi connectivity index (χ3n) is 4.14. The molecule has 0 amide bonds. The molecule has 0 saturated heterocycles. The lowest BCUT2D eigenvalue weighted by Gasteiger charge is -2.08. The number of hydrogen-bond acceptors (Lipinski definition) is 4. The molecule has 0 spiro atoms. The monoisotopic (exact) mass is 399 g/mol. The highest BCUT2D eigenvalue weighted by atomic mass is 35.5. The summed E-state index contributed by atoms with van der Waals surface area (Å²) in [6.07, 6.45) is 1.04. The zero-order valence-electron chi connectivity index (χ0n) is 14.4. The van der Waals surface area contributed by atoms with Gasteiger partial charge in [-0.15, -0.1) is 21.5 Å². The average Bonchev–Trinajstić information content (AvgIpc) is 3.24. The Morgan fingerprint density at radius 3 is 2.85 bits per heavy atom. The largest absolute Gasteiger partial charge is 0.302 e. The number of nitrogens with zero attached hydrogens (tertiary/aromatic N) is 3. The van der Waals surface area contributed by atoms with Crippen molar-refractivity contribution in [2.24, 2.45) is 0 Å². The molecule has 0 unspecified atom stereocenters. The minimum atomic E-state index is 0.767. The molecule has 0 aliphatic rings. The van der Waals surface area contributed by atoms with E-state index in [0.717, 1.165) is 34.7 Å². The molecule has 2 aromatic heterocycles. The molecule has 0 aliphatic heterocycles. The predicted molar refractivity (Wildman–Crippen MR) is 112 cm³/mol. The second kappa shape index (κ2) is 7.82.